The van der Waals surface area contributed by atoms with E-state index in [9.17, 15) is 4.79 Å². The van der Waals surface area contributed by atoms with Crippen LogP contribution in [0.25, 0.3) is 0 Å². The first kappa shape index (κ1) is 11.4. The van der Waals surface area contributed by atoms with Gasteiger partial charge in [-0.05, 0) is 17.7 Å². The highest BCUT2D eigenvalue weighted by Gasteiger charge is 2.31. The highest BCUT2D eigenvalue weighted by Crippen LogP contribution is 2.34. The van der Waals surface area contributed by atoms with Crippen molar-refractivity contribution in [2.45, 2.75) is 6.04 Å². The number of nitrogens with zero attached hydrogens (tertiary/aromatic N) is 3. The maximum Gasteiger partial charge on any atom is 0.324 e. The van der Waals surface area contributed by atoms with E-state index in [1.165, 1.54) is 4.90 Å². The van der Waals surface area contributed by atoms with Crippen molar-refractivity contribution >= 4 is 11.7 Å². The van der Waals surface area contributed by atoms with Crippen LogP contribution >= 0.6 is 0 Å². The van der Waals surface area contributed by atoms with Crippen molar-refractivity contribution in [3.8, 4) is 6.07 Å². The first-order chi connectivity index (χ1) is 8.04. The number of hydrogen-bond acceptors (Lipinski definition) is 3. The number of benzene rings is 1. The van der Waals surface area contributed by atoms with Crippen LogP contribution in [0.5, 0.6) is 0 Å². The molecule has 88 valence electrons. The van der Waals surface area contributed by atoms with E-state index in [1.54, 1.807) is 31.1 Å². The Balaban J connectivity index is 2.45. The predicted molar refractivity (Wildman–Crippen MR) is 64.5 cm³/mol. The second kappa shape index (κ2) is 4.07. The molecule has 0 fully saturated rings. The van der Waals surface area contributed by atoms with Gasteiger partial charge in [0, 0.05) is 26.7 Å². The second-order valence-corrected chi connectivity index (χ2v) is 4.28. The van der Waals surface area contributed by atoms with Gasteiger partial charge in [0.15, 0.2) is 0 Å². The zero-order chi connectivity index (χ0) is 12.6. The average molecular weight is 230 g/mol. The number of anilines is 1. The van der Waals surface area contributed by atoms with Gasteiger partial charge in [-0.1, -0.05) is 6.07 Å². The number of urea groups is 1. The van der Waals surface area contributed by atoms with Gasteiger partial charge in [0.1, 0.15) is 0 Å². The molecule has 5 heteroatoms. The maximum absolute atomic E-state index is 12.0. The molecular weight excluding hydrogens is 216 g/mol. The molecule has 1 aromatic carbocycles. The predicted octanol–water partition coefficient (Wildman–Crippen LogP) is 1.06. The third kappa shape index (κ3) is 1.83. The molecule has 5 nitrogen and oxygen atoms in total. The molecule has 1 aliphatic heterocycles. The van der Waals surface area contributed by atoms with Crippen molar-refractivity contribution in [1.82, 2.24) is 4.90 Å². The van der Waals surface area contributed by atoms with Crippen LogP contribution in [-0.2, 0) is 0 Å². The van der Waals surface area contributed by atoms with Crippen LogP contribution in [0.1, 0.15) is 17.2 Å². The van der Waals surface area contributed by atoms with Gasteiger partial charge >= 0.3 is 6.03 Å². The molecule has 1 aromatic rings. The zero-order valence-electron chi connectivity index (χ0n) is 9.84. The molecule has 1 aliphatic rings. The van der Waals surface area contributed by atoms with Crippen LogP contribution in [0.2, 0.25) is 0 Å². The van der Waals surface area contributed by atoms with Crippen molar-refractivity contribution in [2.24, 2.45) is 5.73 Å². The van der Waals surface area contributed by atoms with E-state index in [1.807, 2.05) is 6.07 Å². The van der Waals surface area contributed by atoms with Crippen LogP contribution < -0.4 is 10.6 Å². The summed E-state index contributed by atoms with van der Waals surface area (Å²) in [5.41, 5.74) is 8.17. The number of carbonyl (C=O) groups excluding carboxylic acids is 1. The molecule has 17 heavy (non-hydrogen) atoms. The molecule has 1 atom stereocenters. The van der Waals surface area contributed by atoms with E-state index in [4.69, 9.17) is 11.0 Å². The van der Waals surface area contributed by atoms with E-state index in [-0.39, 0.29) is 12.1 Å². The Morgan fingerprint density at radius 2 is 2.29 bits per heavy atom. The van der Waals surface area contributed by atoms with E-state index >= 15 is 0 Å². The van der Waals surface area contributed by atoms with E-state index in [2.05, 4.69) is 6.07 Å². The molecular formula is C12H14N4O. The molecule has 0 saturated carbocycles. The van der Waals surface area contributed by atoms with E-state index < -0.39 is 0 Å². The summed E-state index contributed by atoms with van der Waals surface area (Å²) in [7, 11) is 3.39. The van der Waals surface area contributed by atoms with Crippen LogP contribution in [0.4, 0.5) is 10.5 Å². The van der Waals surface area contributed by atoms with Crippen molar-refractivity contribution in [3.63, 3.8) is 0 Å². The molecule has 0 aliphatic carbocycles. The maximum atomic E-state index is 12.0. The van der Waals surface area contributed by atoms with Crippen molar-refractivity contribution < 1.29 is 4.79 Å². The van der Waals surface area contributed by atoms with Gasteiger partial charge in [0.05, 0.1) is 17.3 Å². The summed E-state index contributed by atoms with van der Waals surface area (Å²) < 4.78 is 0. The number of rotatable bonds is 0. The lowest BCUT2D eigenvalue weighted by atomic mass is 10.1. The van der Waals surface area contributed by atoms with Crippen LogP contribution in [-0.4, -0.2) is 31.6 Å². The minimum absolute atomic E-state index is 0.116. The smallest absolute Gasteiger partial charge is 0.324 e. The number of nitrogens with two attached hydrogens (primary N) is 1. The number of hydrogen-bond donors (Lipinski definition) is 1. The molecule has 2 rings (SSSR count). The topological polar surface area (TPSA) is 73.4 Å². The lowest BCUT2D eigenvalue weighted by molar-refractivity contribution is 0.224. The summed E-state index contributed by atoms with van der Waals surface area (Å²) in [5.74, 6) is 0. The Morgan fingerprint density at radius 1 is 1.59 bits per heavy atom. The van der Waals surface area contributed by atoms with E-state index in [0.717, 1.165) is 11.3 Å². The first-order valence-corrected chi connectivity index (χ1v) is 5.33. The van der Waals surface area contributed by atoms with Gasteiger partial charge in [-0.2, -0.15) is 5.26 Å². The molecule has 0 aromatic heterocycles. The third-order valence-corrected chi connectivity index (χ3v) is 2.84. The van der Waals surface area contributed by atoms with Gasteiger partial charge in [0.2, 0.25) is 0 Å². The highest BCUT2D eigenvalue weighted by molar-refractivity contribution is 5.94. The SMILES string of the molecule is CN(C)C(=O)N1C[C@H](N)c2ccc(C#N)cc21. The van der Waals surface area contributed by atoms with Crippen molar-refractivity contribution in [3.05, 3.63) is 29.3 Å². The summed E-state index contributed by atoms with van der Waals surface area (Å²) in [6.45, 7) is 0.460. The normalized spacial score (nSPS) is 17.5. The van der Waals surface area contributed by atoms with Crippen molar-refractivity contribution in [1.29, 1.82) is 5.26 Å². The minimum atomic E-state index is -0.179. The molecule has 2 amide bonds. The molecule has 0 spiro atoms. The molecule has 1 heterocycles. The van der Waals surface area contributed by atoms with E-state index in [0.29, 0.717) is 12.1 Å². The fourth-order valence-electron chi connectivity index (χ4n) is 1.98. The Bertz CT molecular complexity index is 504. The quantitative estimate of drug-likeness (QED) is 0.724. The fraction of sp³-hybridized carbons (Fsp3) is 0.333. The summed E-state index contributed by atoms with van der Waals surface area (Å²) in [6.07, 6.45) is 0. The third-order valence-electron chi connectivity index (χ3n) is 2.84. The average Bonchev–Trinajstić information content (AvgIpc) is 2.65. The lowest BCUT2D eigenvalue weighted by Gasteiger charge is -2.22. The Hall–Kier alpha value is -2.06. The standard InChI is InChI=1S/C12H14N4O/c1-15(2)12(17)16-7-10(14)9-4-3-8(6-13)5-11(9)16/h3-5,10H,7,14H2,1-2H3/t10-/m0/s1. The number of nitriles is 1. The number of fused-ring (bicyclic) bond motifs is 1. The van der Waals surface area contributed by atoms with Crippen LogP contribution in [0, 0.1) is 11.3 Å². The Morgan fingerprint density at radius 3 is 2.88 bits per heavy atom. The molecule has 0 saturated heterocycles. The minimum Gasteiger partial charge on any atom is -0.330 e. The van der Waals surface area contributed by atoms with Gasteiger partial charge in [0.25, 0.3) is 0 Å². The van der Waals surface area contributed by atoms with Crippen LogP contribution in [0.15, 0.2) is 18.2 Å². The Kier molecular flexibility index (Phi) is 2.74. The highest BCUT2D eigenvalue weighted by atomic mass is 16.2. The number of carbonyl (C=O) groups is 1. The molecule has 0 radical (unpaired) electrons. The summed E-state index contributed by atoms with van der Waals surface area (Å²) >= 11 is 0. The Labute approximate surface area is 100 Å². The fourth-order valence-corrected chi connectivity index (χ4v) is 1.98. The van der Waals surface area contributed by atoms with Gasteiger partial charge in [-0.15, -0.1) is 0 Å². The monoisotopic (exact) mass is 230 g/mol. The van der Waals surface area contributed by atoms with Gasteiger partial charge < -0.3 is 10.6 Å². The molecule has 2 N–H and O–H groups in total. The largest absolute Gasteiger partial charge is 0.330 e. The van der Waals surface area contributed by atoms with Gasteiger partial charge in [-0.25, -0.2) is 4.79 Å². The zero-order valence-corrected chi connectivity index (χ0v) is 9.84. The first-order valence-electron chi connectivity index (χ1n) is 5.33. The number of amides is 2. The van der Waals surface area contributed by atoms with Gasteiger partial charge in [-0.3, -0.25) is 4.90 Å². The second-order valence-electron chi connectivity index (χ2n) is 4.28. The van der Waals surface area contributed by atoms with Crippen LogP contribution in [0.3, 0.4) is 0 Å². The summed E-state index contributed by atoms with van der Waals surface area (Å²) in [4.78, 5) is 15.1. The van der Waals surface area contributed by atoms with Crippen molar-refractivity contribution in [2.75, 3.05) is 25.5 Å². The lowest BCUT2D eigenvalue weighted by Crippen LogP contribution is -2.39. The molecule has 0 unspecified atom stereocenters. The summed E-state index contributed by atoms with van der Waals surface area (Å²) in [6, 6.07) is 7.03. The molecule has 0 bridgehead atoms. The summed E-state index contributed by atoms with van der Waals surface area (Å²) in [5, 5.41) is 8.87.